The highest BCUT2D eigenvalue weighted by atomic mass is 16.2. The van der Waals surface area contributed by atoms with Gasteiger partial charge in [-0.05, 0) is 44.4 Å². The molecule has 0 aliphatic carbocycles. The van der Waals surface area contributed by atoms with Crippen molar-refractivity contribution >= 4 is 11.6 Å². The normalized spacial score (nSPS) is 18.2. The molecule has 4 rings (SSSR count). The van der Waals surface area contributed by atoms with Gasteiger partial charge in [-0.3, -0.25) is 4.79 Å². The van der Waals surface area contributed by atoms with Gasteiger partial charge >= 0.3 is 0 Å². The van der Waals surface area contributed by atoms with Crippen LogP contribution in [0.5, 0.6) is 0 Å². The van der Waals surface area contributed by atoms with Crippen LogP contribution >= 0.6 is 0 Å². The van der Waals surface area contributed by atoms with Crippen molar-refractivity contribution in [2.24, 2.45) is 7.05 Å². The van der Waals surface area contributed by atoms with Crippen LogP contribution in [0.15, 0.2) is 36.7 Å². The molecule has 0 unspecified atom stereocenters. The van der Waals surface area contributed by atoms with E-state index in [9.17, 15) is 4.79 Å². The first-order valence-electron chi connectivity index (χ1n) is 8.39. The van der Waals surface area contributed by atoms with Crippen molar-refractivity contribution in [3.05, 3.63) is 53.7 Å². The van der Waals surface area contributed by atoms with Crippen molar-refractivity contribution in [3.63, 3.8) is 0 Å². The molecule has 0 radical (unpaired) electrons. The molecular weight excluding hydrogens is 302 g/mol. The Morgan fingerprint density at radius 3 is 2.96 bits per heavy atom. The predicted molar refractivity (Wildman–Crippen MR) is 90.8 cm³/mol. The Kier molecular flexibility index (Phi) is 3.59. The van der Waals surface area contributed by atoms with Crippen molar-refractivity contribution in [1.82, 2.24) is 24.1 Å². The van der Waals surface area contributed by atoms with Gasteiger partial charge in [-0.2, -0.15) is 5.10 Å². The van der Waals surface area contributed by atoms with E-state index in [1.54, 1.807) is 6.20 Å². The summed E-state index contributed by atoms with van der Waals surface area (Å²) in [4.78, 5) is 19.8. The Bertz CT molecular complexity index is 894. The first kappa shape index (κ1) is 14.9. The molecule has 1 saturated heterocycles. The summed E-state index contributed by atoms with van der Waals surface area (Å²) in [7, 11) is 1.91. The number of aryl methyl sites for hydroxylation is 2. The second kappa shape index (κ2) is 5.78. The van der Waals surface area contributed by atoms with Crippen LogP contribution in [0.3, 0.4) is 0 Å². The second-order valence-corrected chi connectivity index (χ2v) is 6.44. The highest BCUT2D eigenvalue weighted by molar-refractivity contribution is 5.93. The second-order valence-electron chi connectivity index (χ2n) is 6.44. The van der Waals surface area contributed by atoms with Gasteiger partial charge in [0.2, 0.25) is 0 Å². The van der Waals surface area contributed by atoms with Gasteiger partial charge in [0.05, 0.1) is 17.9 Å². The number of carbonyl (C=O) groups excluding carboxylic acids is 1. The number of likely N-dealkylation sites (tertiary alicyclic amines) is 1. The summed E-state index contributed by atoms with van der Waals surface area (Å²) in [5.74, 6) is 0.0834. The molecule has 0 bridgehead atoms. The number of piperidine rings is 1. The number of amides is 1. The van der Waals surface area contributed by atoms with Gasteiger partial charge in [0.1, 0.15) is 5.69 Å². The minimum Gasteiger partial charge on any atom is -0.347 e. The van der Waals surface area contributed by atoms with Crippen molar-refractivity contribution in [3.8, 4) is 0 Å². The maximum absolute atomic E-state index is 13.0. The first-order chi connectivity index (χ1) is 11.6. The quantitative estimate of drug-likeness (QED) is 0.728. The zero-order valence-electron chi connectivity index (χ0n) is 14.0. The third kappa shape index (κ3) is 2.38. The van der Waals surface area contributed by atoms with Gasteiger partial charge in [0.15, 0.2) is 5.65 Å². The van der Waals surface area contributed by atoms with Crippen LogP contribution in [0.25, 0.3) is 5.65 Å². The van der Waals surface area contributed by atoms with E-state index in [2.05, 4.69) is 11.2 Å². The van der Waals surface area contributed by atoms with Crippen LogP contribution in [0.1, 0.15) is 47.2 Å². The molecule has 3 aromatic heterocycles. The van der Waals surface area contributed by atoms with Crippen molar-refractivity contribution < 1.29 is 4.79 Å². The average molecular weight is 323 g/mol. The molecule has 0 saturated carbocycles. The maximum atomic E-state index is 13.0. The standard InChI is InChI=1S/C18H21N5O/c1-13-12-14(20-17-8-9-19-23(13)17)15-6-3-4-11-22(15)18(24)16-7-5-10-21(16)2/h5,7-10,12,15H,3-4,6,11H2,1-2H3/t15-/m1/s1. The van der Waals surface area contributed by atoms with Gasteiger partial charge in [0, 0.05) is 31.5 Å². The van der Waals surface area contributed by atoms with Gasteiger partial charge < -0.3 is 9.47 Å². The molecule has 1 aliphatic heterocycles. The Labute approximate surface area is 140 Å². The number of rotatable bonds is 2. The van der Waals surface area contributed by atoms with E-state index in [1.807, 2.05) is 52.3 Å². The summed E-state index contributed by atoms with van der Waals surface area (Å²) in [6.45, 7) is 2.80. The van der Waals surface area contributed by atoms with Gasteiger partial charge in [-0.15, -0.1) is 0 Å². The summed E-state index contributed by atoms with van der Waals surface area (Å²) < 4.78 is 3.71. The van der Waals surface area contributed by atoms with E-state index in [0.29, 0.717) is 0 Å². The Morgan fingerprint density at radius 2 is 2.17 bits per heavy atom. The Hall–Kier alpha value is -2.63. The number of aromatic nitrogens is 4. The van der Waals surface area contributed by atoms with Crippen LogP contribution in [-0.2, 0) is 7.05 Å². The molecular formula is C18H21N5O. The van der Waals surface area contributed by atoms with Crippen LogP contribution in [-0.4, -0.2) is 36.5 Å². The van der Waals surface area contributed by atoms with E-state index in [4.69, 9.17) is 4.98 Å². The molecule has 1 atom stereocenters. The summed E-state index contributed by atoms with van der Waals surface area (Å²) in [6.07, 6.45) is 6.78. The molecule has 0 spiro atoms. The minimum absolute atomic E-state index is 0.0275. The van der Waals surface area contributed by atoms with Crippen LogP contribution in [0.2, 0.25) is 0 Å². The molecule has 6 heteroatoms. The van der Waals surface area contributed by atoms with E-state index in [0.717, 1.165) is 48.5 Å². The summed E-state index contributed by atoms with van der Waals surface area (Å²) >= 11 is 0. The third-order valence-corrected chi connectivity index (χ3v) is 4.83. The summed E-state index contributed by atoms with van der Waals surface area (Å²) in [6, 6.07) is 7.78. The van der Waals surface area contributed by atoms with Crippen LogP contribution < -0.4 is 0 Å². The highest BCUT2D eigenvalue weighted by Gasteiger charge is 2.31. The fourth-order valence-corrected chi connectivity index (χ4v) is 3.58. The molecule has 3 aromatic rings. The smallest absolute Gasteiger partial charge is 0.271 e. The van der Waals surface area contributed by atoms with Crippen molar-refractivity contribution in [2.45, 2.75) is 32.2 Å². The molecule has 1 aliphatic rings. The van der Waals surface area contributed by atoms with Crippen molar-refractivity contribution in [1.29, 1.82) is 0 Å². The number of hydrogen-bond donors (Lipinski definition) is 0. The van der Waals surface area contributed by atoms with E-state index >= 15 is 0 Å². The SMILES string of the molecule is Cc1cc([C@H]2CCCCN2C(=O)c2cccn2C)nc2ccnn12. The van der Waals surface area contributed by atoms with Crippen LogP contribution in [0, 0.1) is 6.92 Å². The summed E-state index contributed by atoms with van der Waals surface area (Å²) in [5, 5.41) is 4.28. The average Bonchev–Trinajstić information content (AvgIpc) is 3.23. The Morgan fingerprint density at radius 1 is 1.29 bits per heavy atom. The molecule has 124 valence electrons. The number of carbonyl (C=O) groups is 1. The maximum Gasteiger partial charge on any atom is 0.271 e. The fraction of sp³-hybridized carbons (Fsp3) is 0.389. The minimum atomic E-state index is 0.0275. The lowest BCUT2D eigenvalue weighted by molar-refractivity contribution is 0.0596. The fourth-order valence-electron chi connectivity index (χ4n) is 3.58. The monoisotopic (exact) mass is 323 g/mol. The molecule has 6 nitrogen and oxygen atoms in total. The van der Waals surface area contributed by atoms with E-state index < -0.39 is 0 Å². The third-order valence-electron chi connectivity index (χ3n) is 4.83. The van der Waals surface area contributed by atoms with E-state index in [1.165, 1.54) is 0 Å². The molecule has 0 aromatic carbocycles. The number of fused-ring (bicyclic) bond motifs is 1. The number of nitrogens with zero attached hydrogens (tertiary/aromatic N) is 5. The topological polar surface area (TPSA) is 55.4 Å². The zero-order chi connectivity index (χ0) is 16.7. The molecule has 0 N–H and O–H groups in total. The number of hydrogen-bond acceptors (Lipinski definition) is 3. The highest BCUT2D eigenvalue weighted by Crippen LogP contribution is 2.31. The lowest BCUT2D eigenvalue weighted by Crippen LogP contribution is -2.39. The Balaban J connectivity index is 1.73. The van der Waals surface area contributed by atoms with Crippen LogP contribution in [0.4, 0.5) is 0 Å². The molecule has 1 amide bonds. The van der Waals surface area contributed by atoms with E-state index in [-0.39, 0.29) is 11.9 Å². The van der Waals surface area contributed by atoms with Gasteiger partial charge in [-0.1, -0.05) is 0 Å². The first-order valence-corrected chi connectivity index (χ1v) is 8.39. The molecule has 1 fully saturated rings. The zero-order valence-corrected chi connectivity index (χ0v) is 14.0. The lowest BCUT2D eigenvalue weighted by atomic mass is 9.98. The largest absolute Gasteiger partial charge is 0.347 e. The predicted octanol–water partition coefficient (Wildman–Crippen LogP) is 2.74. The molecule has 24 heavy (non-hydrogen) atoms. The summed E-state index contributed by atoms with van der Waals surface area (Å²) in [5.41, 5.74) is 3.56. The molecule has 4 heterocycles. The van der Waals surface area contributed by atoms with Crippen molar-refractivity contribution in [2.75, 3.05) is 6.54 Å². The van der Waals surface area contributed by atoms with Gasteiger partial charge in [-0.25, -0.2) is 9.50 Å². The van der Waals surface area contributed by atoms with Gasteiger partial charge in [0.25, 0.3) is 5.91 Å². The lowest BCUT2D eigenvalue weighted by Gasteiger charge is -2.35.